The van der Waals surface area contributed by atoms with Crippen LogP contribution in [-0.2, 0) is 0 Å². The highest BCUT2D eigenvalue weighted by Gasteiger charge is 2.27. The molecular weight excluding hydrogens is 284 g/mol. The molecule has 0 saturated carbocycles. The molecule has 1 aliphatic rings. The number of nitrogens with zero attached hydrogens (tertiary/aromatic N) is 3. The minimum atomic E-state index is 0.00799. The fraction of sp³-hybridized carbons (Fsp3) is 0.400. The summed E-state index contributed by atoms with van der Waals surface area (Å²) in [5, 5.41) is 6.04. The minimum absolute atomic E-state index is 0.00799. The molecule has 3 heterocycles. The van der Waals surface area contributed by atoms with Crippen molar-refractivity contribution in [3.05, 3.63) is 35.5 Å². The number of thiazole rings is 1. The molecule has 2 aromatic rings. The standard InChI is InChI=1S/C15H18N4OS/c1-10-7-19(8-11(2)17-10)15(20)13-9-21-14(18-13)12-5-3-4-6-16-12/h3-6,9-11,17H,7-8H2,1-2H3/t10-,11-/m1/s1. The molecule has 0 bridgehead atoms. The van der Waals surface area contributed by atoms with Gasteiger partial charge in [0, 0.05) is 36.8 Å². The zero-order valence-corrected chi connectivity index (χ0v) is 12.9. The topological polar surface area (TPSA) is 58.1 Å². The van der Waals surface area contributed by atoms with Gasteiger partial charge in [0.1, 0.15) is 10.7 Å². The third kappa shape index (κ3) is 3.11. The SMILES string of the molecule is C[C@@H]1CN(C(=O)c2csc(-c3ccccn3)n2)C[C@@H](C)N1. The second kappa shape index (κ2) is 5.91. The summed E-state index contributed by atoms with van der Waals surface area (Å²) >= 11 is 1.46. The molecule has 21 heavy (non-hydrogen) atoms. The fourth-order valence-electron chi connectivity index (χ4n) is 2.63. The van der Waals surface area contributed by atoms with Crippen LogP contribution >= 0.6 is 11.3 Å². The monoisotopic (exact) mass is 302 g/mol. The Labute approximate surface area is 128 Å². The summed E-state index contributed by atoms with van der Waals surface area (Å²) in [5.74, 6) is 0.00799. The Kier molecular flexibility index (Phi) is 3.98. The van der Waals surface area contributed by atoms with Crippen LogP contribution in [0.15, 0.2) is 29.8 Å². The van der Waals surface area contributed by atoms with E-state index in [0.29, 0.717) is 17.8 Å². The fourth-order valence-corrected chi connectivity index (χ4v) is 3.40. The molecule has 0 radical (unpaired) electrons. The molecule has 5 nitrogen and oxygen atoms in total. The van der Waals surface area contributed by atoms with E-state index in [1.165, 1.54) is 11.3 Å². The van der Waals surface area contributed by atoms with Crippen molar-refractivity contribution >= 4 is 17.2 Å². The van der Waals surface area contributed by atoms with Crippen LogP contribution in [0.25, 0.3) is 10.7 Å². The van der Waals surface area contributed by atoms with Crippen molar-refractivity contribution < 1.29 is 4.79 Å². The first kappa shape index (κ1) is 14.2. The van der Waals surface area contributed by atoms with Gasteiger partial charge in [-0.2, -0.15) is 0 Å². The van der Waals surface area contributed by atoms with E-state index in [2.05, 4.69) is 29.1 Å². The maximum Gasteiger partial charge on any atom is 0.273 e. The van der Waals surface area contributed by atoms with E-state index in [1.807, 2.05) is 28.5 Å². The molecule has 0 aromatic carbocycles. The Bertz CT molecular complexity index is 618. The summed E-state index contributed by atoms with van der Waals surface area (Å²) in [7, 11) is 0. The van der Waals surface area contributed by atoms with E-state index < -0.39 is 0 Å². The Morgan fingerprint density at radius 1 is 1.33 bits per heavy atom. The summed E-state index contributed by atoms with van der Waals surface area (Å²) in [6.07, 6.45) is 1.73. The third-order valence-corrected chi connectivity index (χ3v) is 4.32. The first-order valence-corrected chi connectivity index (χ1v) is 7.93. The van der Waals surface area contributed by atoms with Crippen molar-refractivity contribution in [1.29, 1.82) is 0 Å². The van der Waals surface area contributed by atoms with Crippen molar-refractivity contribution in [2.75, 3.05) is 13.1 Å². The summed E-state index contributed by atoms with van der Waals surface area (Å²) < 4.78 is 0. The van der Waals surface area contributed by atoms with Gasteiger partial charge in [0.15, 0.2) is 0 Å². The van der Waals surface area contributed by atoms with E-state index in [4.69, 9.17) is 0 Å². The second-order valence-corrected chi connectivity index (χ2v) is 6.29. The van der Waals surface area contributed by atoms with Gasteiger partial charge in [-0.05, 0) is 26.0 Å². The molecule has 0 spiro atoms. The first-order chi connectivity index (χ1) is 10.1. The number of piperazine rings is 1. The molecule has 1 fully saturated rings. The quantitative estimate of drug-likeness (QED) is 0.922. The van der Waals surface area contributed by atoms with Crippen LogP contribution in [0.1, 0.15) is 24.3 Å². The van der Waals surface area contributed by atoms with Gasteiger partial charge >= 0.3 is 0 Å². The predicted octanol–water partition coefficient (Wildman–Crippen LogP) is 2.03. The van der Waals surface area contributed by atoms with Gasteiger partial charge in [-0.1, -0.05) is 6.07 Å². The number of rotatable bonds is 2. The molecule has 1 saturated heterocycles. The summed E-state index contributed by atoms with van der Waals surface area (Å²) in [4.78, 5) is 23.2. The van der Waals surface area contributed by atoms with Crippen molar-refractivity contribution in [2.45, 2.75) is 25.9 Å². The average molecular weight is 302 g/mol. The van der Waals surface area contributed by atoms with E-state index >= 15 is 0 Å². The van der Waals surface area contributed by atoms with Crippen LogP contribution in [-0.4, -0.2) is 45.9 Å². The van der Waals surface area contributed by atoms with Gasteiger partial charge in [0.25, 0.3) is 5.91 Å². The van der Waals surface area contributed by atoms with E-state index in [0.717, 1.165) is 23.8 Å². The lowest BCUT2D eigenvalue weighted by molar-refractivity contribution is 0.0669. The third-order valence-electron chi connectivity index (χ3n) is 3.45. The van der Waals surface area contributed by atoms with Crippen LogP contribution in [0.5, 0.6) is 0 Å². The van der Waals surface area contributed by atoms with E-state index in [1.54, 1.807) is 6.20 Å². The molecule has 1 aliphatic heterocycles. The lowest BCUT2D eigenvalue weighted by Gasteiger charge is -2.35. The Morgan fingerprint density at radius 2 is 2.10 bits per heavy atom. The number of aromatic nitrogens is 2. The molecule has 2 aromatic heterocycles. The zero-order valence-electron chi connectivity index (χ0n) is 12.1. The van der Waals surface area contributed by atoms with Gasteiger partial charge < -0.3 is 10.2 Å². The highest BCUT2D eigenvalue weighted by molar-refractivity contribution is 7.13. The summed E-state index contributed by atoms with van der Waals surface area (Å²) in [6, 6.07) is 6.32. The smallest absolute Gasteiger partial charge is 0.273 e. The molecule has 3 rings (SSSR count). The molecule has 1 N–H and O–H groups in total. The number of hydrogen-bond donors (Lipinski definition) is 1. The van der Waals surface area contributed by atoms with Crippen LogP contribution < -0.4 is 5.32 Å². The number of hydrogen-bond acceptors (Lipinski definition) is 5. The Balaban J connectivity index is 1.78. The maximum absolute atomic E-state index is 12.6. The normalized spacial score (nSPS) is 22.3. The van der Waals surface area contributed by atoms with Gasteiger partial charge in [-0.15, -0.1) is 11.3 Å². The van der Waals surface area contributed by atoms with Crippen molar-refractivity contribution in [2.24, 2.45) is 0 Å². The van der Waals surface area contributed by atoms with Crippen LogP contribution in [0, 0.1) is 0 Å². The highest BCUT2D eigenvalue weighted by Crippen LogP contribution is 2.22. The first-order valence-electron chi connectivity index (χ1n) is 7.05. The number of carbonyl (C=O) groups is 1. The summed E-state index contributed by atoms with van der Waals surface area (Å²) in [5.41, 5.74) is 1.32. The molecule has 110 valence electrons. The van der Waals surface area contributed by atoms with Crippen LogP contribution in [0.3, 0.4) is 0 Å². The molecule has 1 amide bonds. The average Bonchev–Trinajstić information content (AvgIpc) is 2.96. The largest absolute Gasteiger partial charge is 0.334 e. The number of amides is 1. The van der Waals surface area contributed by atoms with Crippen LogP contribution in [0.4, 0.5) is 0 Å². The molecule has 0 aliphatic carbocycles. The number of pyridine rings is 1. The lowest BCUT2D eigenvalue weighted by Crippen LogP contribution is -2.55. The van der Waals surface area contributed by atoms with Crippen molar-refractivity contribution in [1.82, 2.24) is 20.2 Å². The predicted molar refractivity (Wildman–Crippen MR) is 83.3 cm³/mol. The number of nitrogens with one attached hydrogen (secondary N) is 1. The van der Waals surface area contributed by atoms with Crippen molar-refractivity contribution in [3.8, 4) is 10.7 Å². The Morgan fingerprint density at radius 3 is 2.76 bits per heavy atom. The maximum atomic E-state index is 12.6. The molecule has 6 heteroatoms. The molecule has 0 unspecified atom stereocenters. The van der Waals surface area contributed by atoms with Gasteiger partial charge in [0.2, 0.25) is 0 Å². The lowest BCUT2D eigenvalue weighted by atomic mass is 10.1. The van der Waals surface area contributed by atoms with Gasteiger partial charge in [-0.25, -0.2) is 4.98 Å². The van der Waals surface area contributed by atoms with E-state index in [-0.39, 0.29) is 5.91 Å². The number of carbonyl (C=O) groups excluding carboxylic acids is 1. The van der Waals surface area contributed by atoms with E-state index in [9.17, 15) is 4.79 Å². The highest BCUT2D eigenvalue weighted by atomic mass is 32.1. The van der Waals surface area contributed by atoms with Crippen LogP contribution in [0.2, 0.25) is 0 Å². The Hall–Kier alpha value is -1.79. The zero-order chi connectivity index (χ0) is 14.8. The molecule has 2 atom stereocenters. The molecular formula is C15H18N4OS. The van der Waals surface area contributed by atoms with Gasteiger partial charge in [-0.3, -0.25) is 9.78 Å². The van der Waals surface area contributed by atoms with Crippen molar-refractivity contribution in [3.63, 3.8) is 0 Å². The van der Waals surface area contributed by atoms with Gasteiger partial charge in [0.05, 0.1) is 5.69 Å². The minimum Gasteiger partial charge on any atom is -0.334 e. The summed E-state index contributed by atoms with van der Waals surface area (Å²) in [6.45, 7) is 5.63. The second-order valence-electron chi connectivity index (χ2n) is 5.43.